The van der Waals surface area contributed by atoms with Crippen molar-refractivity contribution < 1.29 is 81.3 Å². The molecule has 5 heteroatoms. The number of hydrogen-bond donors (Lipinski definition) is 1. The van der Waals surface area contributed by atoms with E-state index in [0.29, 0.717) is 0 Å². The van der Waals surface area contributed by atoms with Crippen molar-refractivity contribution in [3.8, 4) is 0 Å². The molecule has 0 unspecified atom stereocenters. The summed E-state index contributed by atoms with van der Waals surface area (Å²) >= 11 is 0. The molecule has 0 saturated heterocycles. The van der Waals surface area contributed by atoms with Crippen LogP contribution < -0.4 is 35.7 Å². The molecule has 0 rings (SSSR count). The Morgan fingerprint density at radius 1 is 1.20 bits per heavy atom. The molecule has 2 radical (unpaired) electrons. The van der Waals surface area contributed by atoms with Crippen molar-refractivity contribution in [1.82, 2.24) is 6.15 Å². The molecule has 0 spiro atoms. The maximum Gasteiger partial charge on any atom is 1.00 e. The van der Waals surface area contributed by atoms with Crippen LogP contribution in [0.4, 0.5) is 0 Å². The fraction of sp³-hybridized carbons (Fsp3) is 0. The predicted molar refractivity (Wildman–Crippen MR) is 6.13 cm³/mol. The van der Waals surface area contributed by atoms with Crippen molar-refractivity contribution in [2.24, 2.45) is 0 Å². The third-order valence-corrected chi connectivity index (χ3v) is 0. The molecule has 0 bridgehead atoms. The van der Waals surface area contributed by atoms with Crippen molar-refractivity contribution in [3.63, 3.8) is 0 Å². The first kappa shape index (κ1) is 51.1. The van der Waals surface area contributed by atoms with E-state index in [0.717, 1.165) is 0 Å². The molecule has 5 heavy (non-hydrogen) atoms. The van der Waals surface area contributed by atoms with Gasteiger partial charge in [0.25, 0.3) is 0 Å². The summed E-state index contributed by atoms with van der Waals surface area (Å²) < 4.78 is 0. The molecule has 0 aromatic carbocycles. The second-order valence-electron chi connectivity index (χ2n) is 0. The van der Waals surface area contributed by atoms with Gasteiger partial charge in [0, 0.05) is 50.3 Å². The first-order valence-electron chi connectivity index (χ1n) is 0. The Balaban J connectivity index is 0. The molecule has 0 aliphatic heterocycles. The van der Waals surface area contributed by atoms with Gasteiger partial charge >= 0.3 is 29.6 Å². The summed E-state index contributed by atoms with van der Waals surface area (Å²) in [7, 11) is 0. The van der Waals surface area contributed by atoms with Gasteiger partial charge in [0.15, 0.2) is 0 Å². The first-order valence-corrected chi connectivity index (χ1v) is 0. The molecule has 0 saturated carbocycles. The molecule has 0 atom stereocenters. The predicted octanol–water partition coefficient (Wildman–Crippen LogP) is -2.73. The fourth-order valence-electron chi connectivity index (χ4n) is 0. The van der Waals surface area contributed by atoms with Crippen molar-refractivity contribution in [2.45, 2.75) is 0 Å². The third-order valence-electron chi connectivity index (χ3n) is 0. The molecular formula is H4CoMnNNaNi. The monoisotopic (exact) mass is 213 g/mol. The zero-order valence-corrected chi connectivity index (χ0v) is 7.94. The average Bonchev–Trinajstić information content (AvgIpc) is 0. The zero-order valence-electron chi connectivity index (χ0n) is 3.73. The van der Waals surface area contributed by atoms with Gasteiger partial charge in [-0.15, -0.1) is 0 Å². The van der Waals surface area contributed by atoms with Crippen LogP contribution >= 0.6 is 0 Å². The maximum atomic E-state index is 0. The van der Waals surface area contributed by atoms with Gasteiger partial charge in [-0.25, -0.2) is 0 Å². The number of hydrogen-bond acceptors (Lipinski definition) is 1. The topological polar surface area (TPSA) is 35.0 Å². The van der Waals surface area contributed by atoms with Crippen molar-refractivity contribution in [2.75, 3.05) is 0 Å². The largest absolute Gasteiger partial charge is 1.00 e. The van der Waals surface area contributed by atoms with E-state index in [-0.39, 0.29) is 87.5 Å². The molecule has 36 valence electrons. The molecule has 3 N–H and O–H groups in total. The normalized spacial score (nSPS) is 0. The Bertz CT molecular complexity index is 15.5. The minimum absolute atomic E-state index is 0. The van der Waals surface area contributed by atoms with Crippen LogP contribution in [0.5, 0.6) is 0 Å². The SMILES string of the molecule is N.[Co].[H-].[Mn].[Na+].[Ni]. The summed E-state index contributed by atoms with van der Waals surface area (Å²) in [5.41, 5.74) is 0. The molecule has 0 aromatic rings. The van der Waals surface area contributed by atoms with E-state index in [1.807, 2.05) is 0 Å². The standard InChI is InChI=1S/Co.Mn.H3N.Na.Ni.H/h;;1H3;;;/q;;;+1;;-1. The summed E-state index contributed by atoms with van der Waals surface area (Å²) in [6.07, 6.45) is 0. The average molecular weight is 214 g/mol. The van der Waals surface area contributed by atoms with Crippen LogP contribution in [0, 0.1) is 0 Å². The van der Waals surface area contributed by atoms with Gasteiger partial charge in [-0.2, -0.15) is 0 Å². The molecule has 0 aliphatic rings. The number of rotatable bonds is 0. The van der Waals surface area contributed by atoms with Gasteiger partial charge in [-0.1, -0.05) is 0 Å². The Labute approximate surface area is 86.4 Å². The van der Waals surface area contributed by atoms with Crippen LogP contribution in [-0.2, 0) is 50.3 Å². The van der Waals surface area contributed by atoms with Crippen molar-refractivity contribution >= 4 is 0 Å². The molecule has 1 nitrogen and oxygen atoms in total. The second kappa shape index (κ2) is 31.6. The maximum absolute atomic E-state index is 0. The van der Waals surface area contributed by atoms with Gasteiger partial charge in [0.2, 0.25) is 0 Å². The van der Waals surface area contributed by atoms with E-state index in [9.17, 15) is 0 Å². The third kappa shape index (κ3) is 21.1. The summed E-state index contributed by atoms with van der Waals surface area (Å²) in [5, 5.41) is 0. The fourth-order valence-corrected chi connectivity index (χ4v) is 0. The molecule has 0 fully saturated rings. The molecule has 0 aromatic heterocycles. The Morgan fingerprint density at radius 3 is 1.20 bits per heavy atom. The minimum Gasteiger partial charge on any atom is -1.00 e. The second-order valence-corrected chi connectivity index (χ2v) is 0. The van der Waals surface area contributed by atoms with Gasteiger partial charge in [0.05, 0.1) is 0 Å². The minimum atomic E-state index is 0. The smallest absolute Gasteiger partial charge is 1.00 e. The van der Waals surface area contributed by atoms with Crippen molar-refractivity contribution in [3.05, 3.63) is 0 Å². The molecule has 0 aliphatic carbocycles. The summed E-state index contributed by atoms with van der Waals surface area (Å²) in [4.78, 5) is 0. The van der Waals surface area contributed by atoms with Gasteiger partial charge in [-0.05, 0) is 0 Å². The Kier molecular flexibility index (Phi) is 323. The van der Waals surface area contributed by atoms with Crippen LogP contribution in [0.15, 0.2) is 0 Å². The van der Waals surface area contributed by atoms with E-state index < -0.39 is 0 Å². The molecular weight excluding hydrogens is 210 g/mol. The Hall–Kier alpha value is 2.48. The summed E-state index contributed by atoms with van der Waals surface area (Å²) in [5.74, 6) is 0. The van der Waals surface area contributed by atoms with Crippen LogP contribution in [0.1, 0.15) is 1.43 Å². The van der Waals surface area contributed by atoms with E-state index >= 15 is 0 Å². The molecule has 0 amide bonds. The zero-order chi connectivity index (χ0) is 0. The first-order chi connectivity index (χ1) is 0. The van der Waals surface area contributed by atoms with Gasteiger partial charge in [-0.3, -0.25) is 0 Å². The molecule has 0 heterocycles. The summed E-state index contributed by atoms with van der Waals surface area (Å²) in [6, 6.07) is 0. The van der Waals surface area contributed by atoms with E-state index in [1.165, 1.54) is 0 Å². The van der Waals surface area contributed by atoms with Gasteiger partial charge < -0.3 is 7.58 Å². The Morgan fingerprint density at radius 2 is 1.20 bits per heavy atom. The van der Waals surface area contributed by atoms with E-state index in [1.54, 1.807) is 0 Å². The van der Waals surface area contributed by atoms with Crippen LogP contribution in [0.2, 0.25) is 0 Å². The van der Waals surface area contributed by atoms with Crippen LogP contribution in [-0.4, -0.2) is 0 Å². The van der Waals surface area contributed by atoms with Crippen molar-refractivity contribution in [1.29, 1.82) is 0 Å². The van der Waals surface area contributed by atoms with Crippen LogP contribution in [0.25, 0.3) is 0 Å². The van der Waals surface area contributed by atoms with Crippen LogP contribution in [0.3, 0.4) is 0 Å². The van der Waals surface area contributed by atoms with E-state index in [4.69, 9.17) is 0 Å². The van der Waals surface area contributed by atoms with E-state index in [2.05, 4.69) is 0 Å². The van der Waals surface area contributed by atoms with Gasteiger partial charge in [0.1, 0.15) is 0 Å². The summed E-state index contributed by atoms with van der Waals surface area (Å²) in [6.45, 7) is 0. The quantitative estimate of drug-likeness (QED) is 0.436.